The van der Waals surface area contributed by atoms with Gasteiger partial charge in [-0.1, -0.05) is 19.9 Å². The predicted molar refractivity (Wildman–Crippen MR) is 79.1 cm³/mol. The Morgan fingerprint density at radius 1 is 1.50 bits per heavy atom. The Labute approximate surface area is 119 Å². The molecule has 5 nitrogen and oxygen atoms in total. The summed E-state index contributed by atoms with van der Waals surface area (Å²) >= 11 is 0. The maximum Gasteiger partial charge on any atom is 0.414 e. The molecule has 1 heterocycles. The SMILES string of the molecule is CCC(C)(CO)CNc1cccc(N2CCOC2=O)c1. The zero-order valence-electron chi connectivity index (χ0n) is 12.1. The number of benzene rings is 1. The summed E-state index contributed by atoms with van der Waals surface area (Å²) in [4.78, 5) is 13.2. The van der Waals surface area contributed by atoms with Crippen LogP contribution in [0.15, 0.2) is 24.3 Å². The highest BCUT2D eigenvalue weighted by Crippen LogP contribution is 2.25. The first-order chi connectivity index (χ1) is 9.58. The molecule has 1 aliphatic rings. The highest BCUT2D eigenvalue weighted by atomic mass is 16.6. The van der Waals surface area contributed by atoms with Gasteiger partial charge in [-0.15, -0.1) is 0 Å². The summed E-state index contributed by atoms with van der Waals surface area (Å²) in [5, 5.41) is 12.7. The predicted octanol–water partition coefficient (Wildman–Crippen LogP) is 2.46. The Kier molecular flexibility index (Phi) is 4.49. The first kappa shape index (κ1) is 14.7. The van der Waals surface area contributed by atoms with Crippen LogP contribution in [0.3, 0.4) is 0 Å². The molecule has 5 heteroatoms. The van der Waals surface area contributed by atoms with Crippen LogP contribution in [0.1, 0.15) is 20.3 Å². The number of ether oxygens (including phenoxy) is 1. The van der Waals surface area contributed by atoms with Gasteiger partial charge in [0.25, 0.3) is 0 Å². The van der Waals surface area contributed by atoms with Gasteiger partial charge in [-0.05, 0) is 24.6 Å². The molecule has 1 aromatic rings. The largest absolute Gasteiger partial charge is 0.447 e. The van der Waals surface area contributed by atoms with E-state index in [0.29, 0.717) is 19.7 Å². The number of amides is 1. The molecule has 1 unspecified atom stereocenters. The number of nitrogens with zero attached hydrogens (tertiary/aromatic N) is 1. The molecule has 110 valence electrons. The van der Waals surface area contributed by atoms with E-state index < -0.39 is 0 Å². The number of anilines is 2. The van der Waals surface area contributed by atoms with Crippen LogP contribution in [-0.4, -0.2) is 37.5 Å². The minimum atomic E-state index is -0.295. The fraction of sp³-hybridized carbons (Fsp3) is 0.533. The molecule has 1 atom stereocenters. The van der Waals surface area contributed by atoms with Crippen molar-refractivity contribution in [3.8, 4) is 0 Å². The second kappa shape index (κ2) is 6.13. The van der Waals surface area contributed by atoms with E-state index in [-0.39, 0.29) is 18.1 Å². The Balaban J connectivity index is 2.05. The monoisotopic (exact) mass is 278 g/mol. The van der Waals surface area contributed by atoms with Gasteiger partial charge in [0, 0.05) is 23.3 Å². The van der Waals surface area contributed by atoms with Crippen molar-refractivity contribution in [1.29, 1.82) is 0 Å². The molecule has 1 fully saturated rings. The third kappa shape index (κ3) is 3.22. The van der Waals surface area contributed by atoms with E-state index in [1.807, 2.05) is 31.2 Å². The summed E-state index contributed by atoms with van der Waals surface area (Å²) in [6.07, 6.45) is 0.602. The normalized spacial score (nSPS) is 17.8. The maximum atomic E-state index is 11.5. The zero-order chi connectivity index (χ0) is 14.6. The number of aliphatic hydroxyl groups excluding tert-OH is 1. The first-order valence-corrected chi connectivity index (χ1v) is 6.97. The van der Waals surface area contributed by atoms with Crippen LogP contribution in [0.25, 0.3) is 0 Å². The lowest BCUT2D eigenvalue weighted by Gasteiger charge is -2.26. The minimum Gasteiger partial charge on any atom is -0.447 e. The van der Waals surface area contributed by atoms with Crippen LogP contribution in [0, 0.1) is 5.41 Å². The van der Waals surface area contributed by atoms with Crippen LogP contribution in [0.2, 0.25) is 0 Å². The lowest BCUT2D eigenvalue weighted by molar-refractivity contribution is 0.149. The molecule has 20 heavy (non-hydrogen) atoms. The molecule has 0 aliphatic carbocycles. The second-order valence-electron chi connectivity index (χ2n) is 5.49. The molecule has 0 aromatic heterocycles. The van der Waals surface area contributed by atoms with Gasteiger partial charge in [0.15, 0.2) is 0 Å². The molecule has 2 rings (SSSR count). The van der Waals surface area contributed by atoms with Crippen molar-refractivity contribution in [2.24, 2.45) is 5.41 Å². The van der Waals surface area contributed by atoms with Crippen LogP contribution in [0.5, 0.6) is 0 Å². The van der Waals surface area contributed by atoms with Gasteiger partial charge in [0.2, 0.25) is 0 Å². The van der Waals surface area contributed by atoms with Gasteiger partial charge < -0.3 is 15.2 Å². The van der Waals surface area contributed by atoms with Crippen molar-refractivity contribution in [3.63, 3.8) is 0 Å². The van der Waals surface area contributed by atoms with Crippen LogP contribution in [0.4, 0.5) is 16.2 Å². The molecule has 1 aromatic carbocycles. The van der Waals surface area contributed by atoms with Crippen molar-refractivity contribution >= 4 is 17.5 Å². The highest BCUT2D eigenvalue weighted by molar-refractivity contribution is 5.89. The molecule has 0 bridgehead atoms. The fourth-order valence-electron chi connectivity index (χ4n) is 2.02. The average Bonchev–Trinajstić information content (AvgIpc) is 2.91. The second-order valence-corrected chi connectivity index (χ2v) is 5.49. The fourth-order valence-corrected chi connectivity index (χ4v) is 2.02. The summed E-state index contributed by atoms with van der Waals surface area (Å²) < 4.78 is 4.94. The lowest BCUT2D eigenvalue weighted by Crippen LogP contribution is -2.29. The van der Waals surface area contributed by atoms with E-state index in [0.717, 1.165) is 17.8 Å². The first-order valence-electron chi connectivity index (χ1n) is 6.97. The Bertz CT molecular complexity index is 472. The lowest BCUT2D eigenvalue weighted by atomic mass is 9.88. The van der Waals surface area contributed by atoms with Crippen molar-refractivity contribution in [2.75, 3.05) is 36.5 Å². The van der Waals surface area contributed by atoms with Gasteiger partial charge in [-0.3, -0.25) is 4.90 Å². The Morgan fingerprint density at radius 2 is 2.30 bits per heavy atom. The number of cyclic esters (lactones) is 1. The van der Waals surface area contributed by atoms with Gasteiger partial charge >= 0.3 is 6.09 Å². The summed E-state index contributed by atoms with van der Waals surface area (Å²) in [5.74, 6) is 0. The molecule has 0 saturated carbocycles. The molecule has 2 N–H and O–H groups in total. The topological polar surface area (TPSA) is 61.8 Å². The van der Waals surface area contributed by atoms with E-state index in [2.05, 4.69) is 12.2 Å². The standard InChI is InChI=1S/C15H22N2O3/c1-3-15(2,11-18)10-16-12-5-4-6-13(9-12)17-7-8-20-14(17)19/h4-6,9,16,18H,3,7-8,10-11H2,1-2H3. The molecule has 1 amide bonds. The quantitative estimate of drug-likeness (QED) is 0.839. The Hall–Kier alpha value is -1.75. The maximum absolute atomic E-state index is 11.5. The summed E-state index contributed by atoms with van der Waals surface area (Å²) in [6.45, 7) is 5.97. The molecule has 0 radical (unpaired) electrons. The summed E-state index contributed by atoms with van der Waals surface area (Å²) in [7, 11) is 0. The van der Waals surface area contributed by atoms with Gasteiger partial charge in [0.05, 0.1) is 13.2 Å². The van der Waals surface area contributed by atoms with E-state index >= 15 is 0 Å². The van der Waals surface area contributed by atoms with Crippen molar-refractivity contribution in [1.82, 2.24) is 0 Å². The van der Waals surface area contributed by atoms with E-state index in [1.54, 1.807) is 4.90 Å². The van der Waals surface area contributed by atoms with Crippen molar-refractivity contribution < 1.29 is 14.6 Å². The minimum absolute atomic E-state index is 0.136. The van der Waals surface area contributed by atoms with Crippen molar-refractivity contribution in [3.05, 3.63) is 24.3 Å². The van der Waals surface area contributed by atoms with Crippen molar-refractivity contribution in [2.45, 2.75) is 20.3 Å². The number of aliphatic hydroxyl groups is 1. The number of hydrogen-bond acceptors (Lipinski definition) is 4. The number of carbonyl (C=O) groups is 1. The van der Waals surface area contributed by atoms with Crippen LogP contribution < -0.4 is 10.2 Å². The number of carbonyl (C=O) groups excluding carboxylic acids is 1. The number of rotatable bonds is 6. The van der Waals surface area contributed by atoms with E-state index in [1.165, 1.54) is 0 Å². The zero-order valence-corrected chi connectivity index (χ0v) is 12.1. The molecule has 0 spiro atoms. The molecule has 1 aliphatic heterocycles. The highest BCUT2D eigenvalue weighted by Gasteiger charge is 2.24. The van der Waals surface area contributed by atoms with Gasteiger partial charge in [-0.2, -0.15) is 0 Å². The Morgan fingerprint density at radius 3 is 2.90 bits per heavy atom. The summed E-state index contributed by atoms with van der Waals surface area (Å²) in [5.41, 5.74) is 1.64. The average molecular weight is 278 g/mol. The smallest absolute Gasteiger partial charge is 0.414 e. The van der Waals surface area contributed by atoms with Gasteiger partial charge in [-0.25, -0.2) is 4.79 Å². The number of nitrogens with one attached hydrogen (secondary N) is 1. The third-order valence-electron chi connectivity index (χ3n) is 3.87. The van der Waals surface area contributed by atoms with Crippen LogP contribution in [-0.2, 0) is 4.74 Å². The molecule has 1 saturated heterocycles. The molecular weight excluding hydrogens is 256 g/mol. The van der Waals surface area contributed by atoms with Gasteiger partial charge in [0.1, 0.15) is 6.61 Å². The van der Waals surface area contributed by atoms with Crippen LogP contribution >= 0.6 is 0 Å². The third-order valence-corrected chi connectivity index (χ3v) is 3.87. The summed E-state index contributed by atoms with van der Waals surface area (Å²) in [6, 6.07) is 7.69. The van der Waals surface area contributed by atoms with E-state index in [4.69, 9.17) is 4.74 Å². The van der Waals surface area contributed by atoms with E-state index in [9.17, 15) is 9.90 Å². The molecular formula is C15H22N2O3. The number of hydrogen-bond donors (Lipinski definition) is 2.